The second kappa shape index (κ2) is 8.97. The van der Waals surface area contributed by atoms with Gasteiger partial charge in [-0.05, 0) is 18.6 Å². The number of fused-ring (bicyclic) bond motifs is 1. The van der Waals surface area contributed by atoms with Crippen molar-refractivity contribution in [1.29, 1.82) is 0 Å². The van der Waals surface area contributed by atoms with Gasteiger partial charge in [0.25, 0.3) is 0 Å². The molecule has 0 unspecified atom stereocenters. The van der Waals surface area contributed by atoms with Gasteiger partial charge in [0.15, 0.2) is 0 Å². The highest BCUT2D eigenvalue weighted by Gasteiger charge is 2.51. The van der Waals surface area contributed by atoms with E-state index < -0.39 is 5.72 Å². The van der Waals surface area contributed by atoms with Gasteiger partial charge in [-0.1, -0.05) is 61.3 Å². The number of unbranched alkanes of at least 4 members (excludes halogenated alkanes) is 4. The number of rotatable bonds is 7. The van der Waals surface area contributed by atoms with Crippen molar-refractivity contribution < 1.29 is 26.7 Å². The molecule has 0 bridgehead atoms. The standard InChI is InChI=1S/C19H25ClN3O.BrH/c1-2-3-4-5-6-14-23-18-21-12-7-13-22(18)15-19(23,24)16-8-10-17(20)11-9-16;/h7-13,24H,2-6,14-15H2,1H3;1H/q+1;/p-1/t19-;/m1./s1. The Morgan fingerprint density at radius 3 is 2.64 bits per heavy atom. The summed E-state index contributed by atoms with van der Waals surface area (Å²) in [6.07, 6.45) is 9.72. The number of hydrogen-bond donors (Lipinski definition) is 1. The van der Waals surface area contributed by atoms with Gasteiger partial charge in [0.1, 0.15) is 12.7 Å². The molecule has 1 aromatic carbocycles. The molecule has 0 radical (unpaired) electrons. The lowest BCUT2D eigenvalue weighted by molar-refractivity contribution is -0.685. The normalized spacial score (nSPS) is 18.8. The summed E-state index contributed by atoms with van der Waals surface area (Å²) in [4.78, 5) is 6.53. The Bertz CT molecular complexity index is 683. The topological polar surface area (TPSA) is 40.2 Å². The molecular weight excluding hydrogens is 402 g/mol. The molecule has 25 heavy (non-hydrogen) atoms. The summed E-state index contributed by atoms with van der Waals surface area (Å²) >= 11 is 6.01. The minimum Gasteiger partial charge on any atom is -1.00 e. The van der Waals surface area contributed by atoms with Crippen LogP contribution >= 0.6 is 11.6 Å². The van der Waals surface area contributed by atoms with Gasteiger partial charge in [-0.25, -0.2) is 9.47 Å². The Morgan fingerprint density at radius 2 is 1.92 bits per heavy atom. The highest BCUT2D eigenvalue weighted by Crippen LogP contribution is 2.34. The largest absolute Gasteiger partial charge is 1.00 e. The van der Waals surface area contributed by atoms with Gasteiger partial charge < -0.3 is 22.1 Å². The van der Waals surface area contributed by atoms with Crippen LogP contribution in [0.25, 0.3) is 0 Å². The summed E-state index contributed by atoms with van der Waals surface area (Å²) in [5.41, 5.74) is -0.220. The third-order valence-corrected chi connectivity index (χ3v) is 4.92. The van der Waals surface area contributed by atoms with Crippen molar-refractivity contribution in [2.75, 3.05) is 11.4 Å². The Hall–Kier alpha value is -1.17. The monoisotopic (exact) mass is 425 g/mol. The van der Waals surface area contributed by atoms with E-state index in [0.717, 1.165) is 24.5 Å². The van der Waals surface area contributed by atoms with Crippen LogP contribution in [-0.4, -0.2) is 16.6 Å². The van der Waals surface area contributed by atoms with E-state index in [0.29, 0.717) is 11.6 Å². The molecule has 0 saturated carbocycles. The molecule has 2 heterocycles. The first-order chi connectivity index (χ1) is 11.6. The Kier molecular flexibility index (Phi) is 7.23. The van der Waals surface area contributed by atoms with Crippen LogP contribution in [0.5, 0.6) is 0 Å². The average molecular weight is 427 g/mol. The van der Waals surface area contributed by atoms with Crippen molar-refractivity contribution in [3.05, 3.63) is 53.3 Å². The molecule has 0 spiro atoms. The molecule has 0 fully saturated rings. The zero-order chi connectivity index (χ0) is 17.0. The van der Waals surface area contributed by atoms with Gasteiger partial charge in [0.2, 0.25) is 5.72 Å². The first-order valence-corrected chi connectivity index (χ1v) is 9.13. The van der Waals surface area contributed by atoms with E-state index in [1.54, 1.807) is 6.20 Å². The minimum atomic E-state index is -1.07. The van der Waals surface area contributed by atoms with Crippen LogP contribution < -0.4 is 26.4 Å². The molecule has 3 rings (SSSR count). The van der Waals surface area contributed by atoms with Crippen LogP contribution in [0.15, 0.2) is 42.7 Å². The zero-order valence-corrected chi connectivity index (χ0v) is 16.9. The predicted octanol–water partition coefficient (Wildman–Crippen LogP) is 0.662. The van der Waals surface area contributed by atoms with Gasteiger partial charge in [0.05, 0.1) is 12.7 Å². The van der Waals surface area contributed by atoms with Gasteiger partial charge >= 0.3 is 5.95 Å². The second-order valence-corrected chi connectivity index (χ2v) is 6.87. The van der Waals surface area contributed by atoms with Crippen molar-refractivity contribution in [2.45, 2.75) is 51.3 Å². The fourth-order valence-electron chi connectivity index (χ4n) is 3.35. The number of aromatic nitrogens is 2. The molecule has 6 heteroatoms. The minimum absolute atomic E-state index is 0. The molecule has 1 atom stereocenters. The van der Waals surface area contributed by atoms with Crippen molar-refractivity contribution in [3.8, 4) is 0 Å². The van der Waals surface area contributed by atoms with Crippen molar-refractivity contribution >= 4 is 17.5 Å². The fraction of sp³-hybridized carbons (Fsp3) is 0.474. The molecular formula is C19H25BrClN3O. The predicted molar refractivity (Wildman–Crippen MR) is 95.9 cm³/mol. The zero-order valence-electron chi connectivity index (χ0n) is 14.5. The van der Waals surface area contributed by atoms with E-state index in [2.05, 4.69) is 11.9 Å². The number of hydrogen-bond acceptors (Lipinski definition) is 3. The van der Waals surface area contributed by atoms with E-state index in [1.165, 1.54) is 25.7 Å². The smallest absolute Gasteiger partial charge is 0.396 e. The molecule has 0 saturated heterocycles. The number of benzene rings is 1. The van der Waals surface area contributed by atoms with E-state index in [4.69, 9.17) is 11.6 Å². The summed E-state index contributed by atoms with van der Waals surface area (Å²) in [6, 6.07) is 9.36. The van der Waals surface area contributed by atoms with Crippen LogP contribution in [0.2, 0.25) is 5.02 Å². The van der Waals surface area contributed by atoms with Gasteiger partial charge in [0, 0.05) is 16.7 Å². The molecule has 0 aliphatic carbocycles. The number of aliphatic hydroxyl groups is 1. The lowest BCUT2D eigenvalue weighted by Gasteiger charge is -2.28. The van der Waals surface area contributed by atoms with Gasteiger partial charge in [-0.15, -0.1) is 0 Å². The summed E-state index contributed by atoms with van der Waals surface area (Å²) in [5, 5.41) is 12.1. The van der Waals surface area contributed by atoms with Crippen LogP contribution in [0.1, 0.15) is 44.6 Å². The summed E-state index contributed by atoms with van der Waals surface area (Å²) in [7, 11) is 0. The Morgan fingerprint density at radius 1 is 1.20 bits per heavy atom. The van der Waals surface area contributed by atoms with Crippen molar-refractivity contribution in [2.24, 2.45) is 0 Å². The Labute approximate surface area is 165 Å². The second-order valence-electron chi connectivity index (χ2n) is 6.44. The van der Waals surface area contributed by atoms with Crippen molar-refractivity contribution in [3.63, 3.8) is 0 Å². The summed E-state index contributed by atoms with van der Waals surface area (Å²) in [5.74, 6) is 0.824. The molecule has 4 nitrogen and oxygen atoms in total. The average Bonchev–Trinajstić information content (AvgIpc) is 2.88. The van der Waals surface area contributed by atoms with Crippen LogP contribution in [0, 0.1) is 0 Å². The van der Waals surface area contributed by atoms with Crippen molar-refractivity contribution in [1.82, 2.24) is 4.98 Å². The Balaban J connectivity index is 0.00000225. The fourth-order valence-corrected chi connectivity index (χ4v) is 3.48. The van der Waals surface area contributed by atoms with Gasteiger partial charge in [-0.3, -0.25) is 0 Å². The summed E-state index contributed by atoms with van der Waals surface area (Å²) < 4.78 is 2.01. The molecule has 1 aliphatic heterocycles. The molecule has 2 aromatic rings. The molecule has 136 valence electrons. The lowest BCUT2D eigenvalue weighted by Crippen LogP contribution is -3.00. The van der Waals surface area contributed by atoms with Crippen LogP contribution in [0.3, 0.4) is 0 Å². The molecule has 1 aromatic heterocycles. The molecule has 1 N–H and O–H groups in total. The third-order valence-electron chi connectivity index (χ3n) is 4.67. The first-order valence-electron chi connectivity index (χ1n) is 8.75. The van der Waals surface area contributed by atoms with E-state index >= 15 is 0 Å². The maximum atomic E-state index is 11.5. The number of halogens is 2. The SMILES string of the molecule is CCCCCCCN1c2nccc[n+]2C[C@@]1(O)c1ccc(Cl)cc1.[Br-]. The molecule has 1 aliphatic rings. The maximum Gasteiger partial charge on any atom is 0.396 e. The molecule has 0 amide bonds. The quantitative estimate of drug-likeness (QED) is 0.522. The number of nitrogens with zero attached hydrogens (tertiary/aromatic N) is 3. The number of anilines is 1. The van der Waals surface area contributed by atoms with Crippen LogP contribution in [0.4, 0.5) is 5.95 Å². The third kappa shape index (κ3) is 4.33. The maximum absolute atomic E-state index is 11.5. The van der Waals surface area contributed by atoms with Gasteiger partial charge in [-0.2, -0.15) is 0 Å². The van der Waals surface area contributed by atoms with Crippen LogP contribution in [-0.2, 0) is 12.3 Å². The highest BCUT2D eigenvalue weighted by atomic mass is 79.9. The van der Waals surface area contributed by atoms with E-state index in [-0.39, 0.29) is 17.0 Å². The lowest BCUT2D eigenvalue weighted by atomic mass is 10.0. The highest BCUT2D eigenvalue weighted by molar-refractivity contribution is 6.30. The summed E-state index contributed by atoms with van der Waals surface area (Å²) in [6.45, 7) is 3.49. The van der Waals surface area contributed by atoms with E-state index in [9.17, 15) is 5.11 Å². The first kappa shape index (κ1) is 20.1. The van der Waals surface area contributed by atoms with E-state index in [1.807, 2.05) is 46.0 Å².